The monoisotopic (exact) mass is 297 g/mol. The van der Waals surface area contributed by atoms with E-state index in [0.717, 1.165) is 11.3 Å². The van der Waals surface area contributed by atoms with Crippen LogP contribution in [0.2, 0.25) is 0 Å². The van der Waals surface area contributed by atoms with Gasteiger partial charge >= 0.3 is 0 Å². The average molecular weight is 298 g/mol. The van der Waals surface area contributed by atoms with Gasteiger partial charge < -0.3 is 5.73 Å². The molecule has 0 amide bonds. The van der Waals surface area contributed by atoms with Gasteiger partial charge in [0, 0.05) is 13.2 Å². The molecule has 0 aliphatic rings. The molecule has 0 fully saturated rings. The maximum Gasteiger partial charge on any atom is 0.137 e. The standard InChI is InChI=1S/C12H13BrFN3/c1-17-12(4-5-16-17)11(15)7-8-2-3-10(14)9(13)6-8/h2-6,11H,7,15H2,1H3. The average Bonchev–Trinajstić information content (AvgIpc) is 2.70. The predicted octanol–water partition coefficient (Wildman–Crippen LogP) is 2.56. The van der Waals surface area contributed by atoms with E-state index in [-0.39, 0.29) is 11.9 Å². The largest absolute Gasteiger partial charge is 0.322 e. The summed E-state index contributed by atoms with van der Waals surface area (Å²) in [6.45, 7) is 0. The molecule has 0 aliphatic carbocycles. The van der Waals surface area contributed by atoms with Gasteiger partial charge in [0.25, 0.3) is 0 Å². The number of benzene rings is 1. The lowest BCUT2D eigenvalue weighted by molar-refractivity contribution is 0.608. The summed E-state index contributed by atoms with van der Waals surface area (Å²) in [4.78, 5) is 0. The molecule has 1 atom stereocenters. The van der Waals surface area contributed by atoms with Gasteiger partial charge in [0.1, 0.15) is 5.82 Å². The quantitative estimate of drug-likeness (QED) is 0.946. The summed E-state index contributed by atoms with van der Waals surface area (Å²) in [7, 11) is 1.86. The van der Waals surface area contributed by atoms with Crippen LogP contribution in [0.5, 0.6) is 0 Å². The van der Waals surface area contributed by atoms with Crippen LogP contribution in [0, 0.1) is 5.82 Å². The van der Waals surface area contributed by atoms with Crippen molar-refractivity contribution < 1.29 is 4.39 Å². The van der Waals surface area contributed by atoms with Crippen molar-refractivity contribution in [1.82, 2.24) is 9.78 Å². The van der Waals surface area contributed by atoms with Crippen LogP contribution < -0.4 is 5.73 Å². The normalized spacial score (nSPS) is 12.7. The highest BCUT2D eigenvalue weighted by molar-refractivity contribution is 9.10. The highest BCUT2D eigenvalue weighted by Gasteiger charge is 2.11. The number of rotatable bonds is 3. The Bertz CT molecular complexity index is 524. The van der Waals surface area contributed by atoms with E-state index in [0.29, 0.717) is 10.9 Å². The minimum Gasteiger partial charge on any atom is -0.322 e. The Morgan fingerprint density at radius 1 is 1.47 bits per heavy atom. The number of aromatic nitrogens is 2. The summed E-state index contributed by atoms with van der Waals surface area (Å²) in [6.07, 6.45) is 2.37. The van der Waals surface area contributed by atoms with Crippen LogP contribution in [0.15, 0.2) is 34.9 Å². The Labute approximate surface area is 108 Å². The molecule has 17 heavy (non-hydrogen) atoms. The van der Waals surface area contributed by atoms with Crippen molar-refractivity contribution in [2.75, 3.05) is 0 Å². The first-order chi connectivity index (χ1) is 8.08. The second-order valence-electron chi connectivity index (χ2n) is 3.94. The van der Waals surface area contributed by atoms with Gasteiger partial charge in [0.15, 0.2) is 0 Å². The molecule has 0 radical (unpaired) electrons. The van der Waals surface area contributed by atoms with Crippen LogP contribution in [0.1, 0.15) is 17.3 Å². The second-order valence-corrected chi connectivity index (χ2v) is 4.79. The lowest BCUT2D eigenvalue weighted by atomic mass is 10.0. The second kappa shape index (κ2) is 4.98. The van der Waals surface area contributed by atoms with Crippen LogP contribution in [0.4, 0.5) is 4.39 Å². The third-order valence-electron chi connectivity index (χ3n) is 2.68. The molecule has 0 spiro atoms. The predicted molar refractivity (Wildman–Crippen MR) is 67.9 cm³/mol. The summed E-state index contributed by atoms with van der Waals surface area (Å²) in [5.74, 6) is -0.261. The third kappa shape index (κ3) is 2.73. The van der Waals surface area contributed by atoms with E-state index in [1.807, 2.05) is 13.1 Å². The Balaban J connectivity index is 2.16. The Morgan fingerprint density at radius 3 is 2.82 bits per heavy atom. The van der Waals surface area contributed by atoms with Crippen LogP contribution in [0.25, 0.3) is 0 Å². The van der Waals surface area contributed by atoms with Crippen LogP contribution in [-0.4, -0.2) is 9.78 Å². The Hall–Kier alpha value is -1.20. The van der Waals surface area contributed by atoms with Crippen molar-refractivity contribution in [2.24, 2.45) is 12.8 Å². The zero-order valence-electron chi connectivity index (χ0n) is 9.40. The molecular weight excluding hydrogens is 285 g/mol. The maximum absolute atomic E-state index is 13.1. The van der Waals surface area contributed by atoms with Gasteiger partial charge in [-0.3, -0.25) is 4.68 Å². The van der Waals surface area contributed by atoms with Gasteiger partial charge in [-0.05, 0) is 46.1 Å². The van der Waals surface area contributed by atoms with E-state index >= 15 is 0 Å². The lowest BCUT2D eigenvalue weighted by Gasteiger charge is -2.12. The van der Waals surface area contributed by atoms with Gasteiger partial charge in [0.2, 0.25) is 0 Å². The fraction of sp³-hybridized carbons (Fsp3) is 0.250. The molecule has 2 N–H and O–H groups in total. The number of halogens is 2. The Kier molecular flexibility index (Phi) is 3.59. The zero-order chi connectivity index (χ0) is 12.4. The number of aryl methyl sites for hydroxylation is 1. The number of hydrogen-bond donors (Lipinski definition) is 1. The van der Waals surface area contributed by atoms with Crippen molar-refractivity contribution in [1.29, 1.82) is 0 Å². The van der Waals surface area contributed by atoms with Gasteiger partial charge in [-0.2, -0.15) is 5.10 Å². The van der Waals surface area contributed by atoms with Crippen LogP contribution in [-0.2, 0) is 13.5 Å². The molecule has 1 unspecified atom stereocenters. The van der Waals surface area contributed by atoms with Gasteiger partial charge in [0.05, 0.1) is 16.2 Å². The Morgan fingerprint density at radius 2 is 2.24 bits per heavy atom. The molecule has 5 heteroatoms. The molecule has 0 bridgehead atoms. The van der Waals surface area contributed by atoms with Crippen LogP contribution >= 0.6 is 15.9 Å². The molecule has 0 aliphatic heterocycles. The topological polar surface area (TPSA) is 43.8 Å². The SMILES string of the molecule is Cn1nccc1C(N)Cc1ccc(F)c(Br)c1. The molecule has 2 rings (SSSR count). The molecule has 1 heterocycles. The summed E-state index contributed by atoms with van der Waals surface area (Å²) in [5, 5.41) is 4.08. The molecule has 0 saturated carbocycles. The zero-order valence-corrected chi connectivity index (χ0v) is 11.0. The number of nitrogens with two attached hydrogens (primary N) is 1. The van der Waals surface area contributed by atoms with Gasteiger partial charge in [-0.1, -0.05) is 6.07 Å². The molecule has 1 aromatic carbocycles. The van der Waals surface area contributed by atoms with Gasteiger partial charge in [-0.25, -0.2) is 4.39 Å². The summed E-state index contributed by atoms with van der Waals surface area (Å²) < 4.78 is 15.3. The molecule has 1 aromatic heterocycles. The van der Waals surface area contributed by atoms with E-state index in [4.69, 9.17) is 5.73 Å². The van der Waals surface area contributed by atoms with Crippen molar-refractivity contribution in [3.8, 4) is 0 Å². The highest BCUT2D eigenvalue weighted by Crippen LogP contribution is 2.20. The van der Waals surface area contributed by atoms with Crippen LogP contribution in [0.3, 0.4) is 0 Å². The van der Waals surface area contributed by atoms with Gasteiger partial charge in [-0.15, -0.1) is 0 Å². The summed E-state index contributed by atoms with van der Waals surface area (Å²) in [5.41, 5.74) is 8.05. The van der Waals surface area contributed by atoms with E-state index < -0.39 is 0 Å². The summed E-state index contributed by atoms with van der Waals surface area (Å²) in [6, 6.07) is 6.69. The molecule has 3 nitrogen and oxygen atoms in total. The van der Waals surface area contributed by atoms with Crippen molar-refractivity contribution in [3.63, 3.8) is 0 Å². The first kappa shape index (κ1) is 12.3. The molecular formula is C12H13BrFN3. The molecule has 90 valence electrons. The summed E-state index contributed by atoms with van der Waals surface area (Å²) >= 11 is 3.17. The first-order valence-corrected chi connectivity index (χ1v) is 6.04. The van der Waals surface area contributed by atoms with E-state index in [9.17, 15) is 4.39 Å². The molecule has 0 saturated heterocycles. The minimum absolute atomic E-state index is 0.139. The smallest absolute Gasteiger partial charge is 0.137 e. The minimum atomic E-state index is -0.261. The first-order valence-electron chi connectivity index (χ1n) is 5.25. The maximum atomic E-state index is 13.1. The van der Waals surface area contributed by atoms with Crippen molar-refractivity contribution >= 4 is 15.9 Å². The molecule has 2 aromatic rings. The fourth-order valence-electron chi connectivity index (χ4n) is 1.77. The third-order valence-corrected chi connectivity index (χ3v) is 3.29. The van der Waals surface area contributed by atoms with Crippen molar-refractivity contribution in [3.05, 3.63) is 52.0 Å². The lowest BCUT2D eigenvalue weighted by Crippen LogP contribution is -2.17. The van der Waals surface area contributed by atoms with E-state index in [2.05, 4.69) is 21.0 Å². The number of nitrogens with zero attached hydrogens (tertiary/aromatic N) is 2. The van der Waals surface area contributed by atoms with Crippen molar-refractivity contribution in [2.45, 2.75) is 12.5 Å². The highest BCUT2D eigenvalue weighted by atomic mass is 79.9. The fourth-order valence-corrected chi connectivity index (χ4v) is 2.20. The van der Waals surface area contributed by atoms with E-state index in [1.54, 1.807) is 23.0 Å². The number of hydrogen-bond acceptors (Lipinski definition) is 2. The van der Waals surface area contributed by atoms with E-state index in [1.165, 1.54) is 6.07 Å².